The Morgan fingerprint density at radius 1 is 0.440 bits per heavy atom. The van der Waals surface area contributed by atoms with E-state index < -0.39 is 63.5 Å². The molecule has 0 saturated carbocycles. The van der Waals surface area contributed by atoms with Crippen molar-refractivity contribution in [1.82, 2.24) is 9.80 Å². The average Bonchev–Trinajstić information content (AvgIpc) is 3.44. The summed E-state index contributed by atoms with van der Waals surface area (Å²) in [5.74, 6) is -6.77. The number of likely N-dealkylation sites (tertiary alicyclic amines) is 2. The minimum absolute atomic E-state index is 0.0725. The number of rotatable bonds is 5. The lowest BCUT2D eigenvalue weighted by Crippen LogP contribution is -2.84. The number of benzene rings is 4. The van der Waals surface area contributed by atoms with Crippen LogP contribution in [0.3, 0.4) is 0 Å². The molecule has 0 unspecified atom stereocenters. The molecule has 4 aliphatic heterocycles. The van der Waals surface area contributed by atoms with E-state index in [0.717, 1.165) is 53.0 Å². The van der Waals surface area contributed by atoms with Gasteiger partial charge in [0.15, 0.2) is 0 Å². The molecule has 0 radical (unpaired) electrons. The van der Waals surface area contributed by atoms with Gasteiger partial charge in [-0.15, -0.1) is 0 Å². The Bertz CT molecular complexity index is 2250. The van der Waals surface area contributed by atoms with Crippen molar-refractivity contribution in [3.8, 4) is 11.1 Å². The minimum atomic E-state index is -2.28. The Hall–Kier alpha value is -6.56. The summed E-state index contributed by atoms with van der Waals surface area (Å²) in [6.45, 7) is 1.66. The van der Waals surface area contributed by atoms with Crippen molar-refractivity contribution in [3.63, 3.8) is 0 Å². The SMILES string of the molecule is CCN1C(=O)C2(C1=O)C(=O)N(c1ccc(C3(c4ccc(N5C(=O)C6(C(=O)N(C)C6=O)C5=O)cc4)c4ccccc4-c4ccccc43)cc1)C2=O. The summed E-state index contributed by atoms with van der Waals surface area (Å²) >= 11 is 0. The first-order chi connectivity index (χ1) is 24.0. The minimum Gasteiger partial charge on any atom is -0.282 e. The van der Waals surface area contributed by atoms with Gasteiger partial charge in [-0.2, -0.15) is 0 Å². The topological polar surface area (TPSA) is 150 Å². The van der Waals surface area contributed by atoms with Crippen LogP contribution in [-0.4, -0.2) is 70.6 Å². The van der Waals surface area contributed by atoms with Crippen LogP contribution in [0.5, 0.6) is 0 Å². The van der Waals surface area contributed by atoms with E-state index in [2.05, 4.69) is 0 Å². The third kappa shape index (κ3) is 2.88. The maximum absolute atomic E-state index is 13.2. The molecule has 1 aliphatic carbocycles. The smallest absolute Gasteiger partial charge is 0.282 e. The number of amides is 8. The summed E-state index contributed by atoms with van der Waals surface area (Å²) in [5, 5.41) is 0. The highest BCUT2D eigenvalue weighted by Crippen LogP contribution is 2.57. The van der Waals surface area contributed by atoms with Crippen LogP contribution in [0.2, 0.25) is 0 Å². The van der Waals surface area contributed by atoms with Crippen LogP contribution >= 0.6 is 0 Å². The van der Waals surface area contributed by atoms with Gasteiger partial charge in [0.2, 0.25) is 0 Å². The number of carbonyl (C=O) groups is 8. The number of nitrogens with zero attached hydrogens (tertiary/aromatic N) is 4. The number of β-lactam (4-membered cyclic amide) rings is 8. The van der Waals surface area contributed by atoms with Crippen molar-refractivity contribution in [1.29, 1.82) is 0 Å². The van der Waals surface area contributed by atoms with Crippen LogP contribution in [-0.2, 0) is 43.8 Å². The zero-order valence-electron chi connectivity index (χ0n) is 26.5. The van der Waals surface area contributed by atoms with Crippen LogP contribution in [0.15, 0.2) is 97.1 Å². The fourth-order valence-corrected chi connectivity index (χ4v) is 8.33. The Morgan fingerprint density at radius 2 is 0.800 bits per heavy atom. The maximum Gasteiger partial charge on any atom is 0.285 e. The zero-order chi connectivity index (χ0) is 35.1. The van der Waals surface area contributed by atoms with E-state index in [1.807, 2.05) is 48.5 Å². The molecule has 4 aromatic carbocycles. The van der Waals surface area contributed by atoms with Gasteiger partial charge in [-0.25, -0.2) is 9.80 Å². The summed E-state index contributed by atoms with van der Waals surface area (Å²) in [6, 6.07) is 29.3. The van der Waals surface area contributed by atoms with E-state index >= 15 is 0 Å². The molecule has 244 valence electrons. The number of imide groups is 4. The molecule has 5 aliphatic rings. The zero-order valence-corrected chi connectivity index (χ0v) is 26.5. The maximum atomic E-state index is 13.2. The van der Waals surface area contributed by atoms with Crippen molar-refractivity contribution < 1.29 is 38.4 Å². The van der Waals surface area contributed by atoms with Crippen LogP contribution in [0, 0.1) is 10.8 Å². The molecular weight excluding hydrogens is 640 g/mol. The molecule has 0 atom stereocenters. The van der Waals surface area contributed by atoms with Gasteiger partial charge in [0.1, 0.15) is 0 Å². The second-order valence-electron chi connectivity index (χ2n) is 12.9. The predicted molar refractivity (Wildman–Crippen MR) is 174 cm³/mol. The van der Waals surface area contributed by atoms with E-state index in [1.165, 1.54) is 7.05 Å². The van der Waals surface area contributed by atoms with Gasteiger partial charge in [-0.1, -0.05) is 72.8 Å². The fourth-order valence-electron chi connectivity index (χ4n) is 8.33. The molecule has 4 fully saturated rings. The lowest BCUT2D eigenvalue weighted by molar-refractivity contribution is -0.188. The van der Waals surface area contributed by atoms with Crippen molar-refractivity contribution in [3.05, 3.63) is 119 Å². The summed E-state index contributed by atoms with van der Waals surface area (Å²) in [6.07, 6.45) is 0. The average molecular weight is 665 g/mol. The van der Waals surface area contributed by atoms with E-state index in [9.17, 15) is 38.4 Å². The number of anilines is 2. The van der Waals surface area contributed by atoms with Gasteiger partial charge in [0.25, 0.3) is 58.1 Å². The predicted octanol–water partition coefficient (Wildman–Crippen LogP) is 2.16. The molecule has 9 rings (SSSR count). The molecule has 4 heterocycles. The molecule has 50 heavy (non-hydrogen) atoms. The Balaban J connectivity index is 1.13. The molecule has 8 amide bonds. The van der Waals surface area contributed by atoms with Crippen molar-refractivity contribution >= 4 is 58.6 Å². The van der Waals surface area contributed by atoms with Crippen molar-refractivity contribution in [2.24, 2.45) is 10.8 Å². The van der Waals surface area contributed by atoms with E-state index in [-0.39, 0.29) is 17.9 Å². The second-order valence-corrected chi connectivity index (χ2v) is 12.9. The number of carbonyl (C=O) groups excluding carboxylic acids is 8. The van der Waals surface area contributed by atoms with Crippen LogP contribution < -0.4 is 9.80 Å². The van der Waals surface area contributed by atoms with Crippen LogP contribution in [0.25, 0.3) is 11.1 Å². The first-order valence-electron chi connectivity index (χ1n) is 15.9. The van der Waals surface area contributed by atoms with Gasteiger partial charge in [-0.3, -0.25) is 48.2 Å². The summed E-state index contributed by atoms with van der Waals surface area (Å²) < 4.78 is 0. The number of fused-ring (bicyclic) bond motifs is 3. The van der Waals surface area contributed by atoms with Gasteiger partial charge in [0.05, 0.1) is 16.8 Å². The highest BCUT2D eigenvalue weighted by atomic mass is 16.2. The largest absolute Gasteiger partial charge is 0.285 e. The summed E-state index contributed by atoms with van der Waals surface area (Å²) in [5.41, 5.74) is 0.270. The Kier molecular flexibility index (Phi) is 5.51. The van der Waals surface area contributed by atoms with Crippen molar-refractivity contribution in [2.75, 3.05) is 23.4 Å². The van der Waals surface area contributed by atoms with Gasteiger partial charge in [-0.05, 0) is 64.6 Å². The summed E-state index contributed by atoms with van der Waals surface area (Å²) in [4.78, 5) is 106. The van der Waals surface area contributed by atoms with E-state index in [1.54, 1.807) is 55.5 Å². The van der Waals surface area contributed by atoms with Crippen LogP contribution in [0.4, 0.5) is 11.4 Å². The molecule has 0 bridgehead atoms. The first-order valence-corrected chi connectivity index (χ1v) is 15.9. The van der Waals surface area contributed by atoms with Crippen LogP contribution in [0.1, 0.15) is 29.2 Å². The van der Waals surface area contributed by atoms with Gasteiger partial charge < -0.3 is 0 Å². The van der Waals surface area contributed by atoms with E-state index in [0.29, 0.717) is 0 Å². The lowest BCUT2D eigenvalue weighted by atomic mass is 9.67. The fraction of sp³-hybridized carbons (Fsp3) is 0.158. The Labute approximate surface area is 283 Å². The molecular formula is C38H24N4O8. The van der Waals surface area contributed by atoms with Gasteiger partial charge in [0, 0.05) is 13.6 Å². The standard InChI is InChI=1S/C38H24N4O8/c1-3-40-30(45)38(31(40)46)34(49)42(35(38)50)23-18-14-21(15-19-23)36(26-10-6-4-8-24(26)25-9-5-7-11-27(25)36)20-12-16-22(17-13-20)41-32(47)37(33(41)48)28(43)39(2)29(37)44/h4-19H,3H2,1-2H3. The number of hydrogen-bond donors (Lipinski definition) is 0. The molecule has 12 heteroatoms. The monoisotopic (exact) mass is 664 g/mol. The highest BCUT2D eigenvalue weighted by molar-refractivity contribution is 6.60. The third-order valence-corrected chi connectivity index (χ3v) is 10.9. The van der Waals surface area contributed by atoms with E-state index in [4.69, 9.17) is 0 Å². The molecule has 0 aromatic heterocycles. The van der Waals surface area contributed by atoms with Gasteiger partial charge >= 0.3 is 0 Å². The third-order valence-electron chi connectivity index (χ3n) is 10.9. The molecule has 0 N–H and O–H groups in total. The Morgan fingerprint density at radius 3 is 1.18 bits per heavy atom. The molecule has 2 spiro atoms. The first kappa shape index (κ1) is 29.6. The summed E-state index contributed by atoms with van der Waals surface area (Å²) in [7, 11) is 1.23. The second kappa shape index (κ2) is 9.32. The molecule has 12 nitrogen and oxygen atoms in total. The molecule has 4 aromatic rings. The normalized spacial score (nSPS) is 20.5. The number of hydrogen-bond acceptors (Lipinski definition) is 8. The quantitative estimate of drug-likeness (QED) is 0.205. The lowest BCUT2D eigenvalue weighted by Gasteiger charge is -2.52. The van der Waals surface area contributed by atoms with Crippen molar-refractivity contribution in [2.45, 2.75) is 12.3 Å². The molecule has 4 saturated heterocycles. The highest BCUT2D eigenvalue weighted by Gasteiger charge is 2.81.